The standard InChI is InChI=1S/C18H27FN2O2/c1-5-16-12-21(13-23-16)15-7-8-18(17(19)11-15)20(6-2)9-10-22-14(3)4/h7-8,11,16H,3,5-6,9-10,12-13H2,1-2,4H3. The van der Waals surface area contributed by atoms with Crippen LogP contribution in [-0.4, -0.2) is 39.1 Å². The normalized spacial score (nSPS) is 17.4. The van der Waals surface area contributed by atoms with E-state index in [1.807, 2.05) is 30.9 Å². The van der Waals surface area contributed by atoms with Crippen molar-refractivity contribution in [3.63, 3.8) is 0 Å². The van der Waals surface area contributed by atoms with E-state index < -0.39 is 0 Å². The molecule has 0 spiro atoms. The molecule has 1 aromatic carbocycles. The molecule has 1 atom stereocenters. The topological polar surface area (TPSA) is 24.9 Å². The second-order valence-corrected chi connectivity index (χ2v) is 5.81. The van der Waals surface area contributed by atoms with Gasteiger partial charge in [-0.1, -0.05) is 13.5 Å². The lowest BCUT2D eigenvalue weighted by molar-refractivity contribution is 0.113. The fourth-order valence-corrected chi connectivity index (χ4v) is 2.70. The van der Waals surface area contributed by atoms with E-state index in [0.717, 1.165) is 25.2 Å². The number of allylic oxidation sites excluding steroid dienone is 1. The Balaban J connectivity index is 2.04. The summed E-state index contributed by atoms with van der Waals surface area (Å²) in [6.07, 6.45) is 1.22. The molecule has 0 aromatic heterocycles. The fourth-order valence-electron chi connectivity index (χ4n) is 2.70. The van der Waals surface area contributed by atoms with Gasteiger partial charge in [0.25, 0.3) is 0 Å². The Kier molecular flexibility index (Phi) is 6.28. The Morgan fingerprint density at radius 3 is 2.83 bits per heavy atom. The highest BCUT2D eigenvalue weighted by Crippen LogP contribution is 2.27. The van der Waals surface area contributed by atoms with Crippen LogP contribution in [0.15, 0.2) is 30.5 Å². The Hall–Kier alpha value is -1.75. The van der Waals surface area contributed by atoms with Crippen molar-refractivity contribution in [1.29, 1.82) is 0 Å². The summed E-state index contributed by atoms with van der Waals surface area (Å²) >= 11 is 0. The average molecular weight is 322 g/mol. The van der Waals surface area contributed by atoms with Crippen LogP contribution >= 0.6 is 0 Å². The quantitative estimate of drug-likeness (QED) is 0.680. The lowest BCUT2D eigenvalue weighted by Crippen LogP contribution is -2.28. The van der Waals surface area contributed by atoms with Crippen molar-refractivity contribution < 1.29 is 13.9 Å². The van der Waals surface area contributed by atoms with Crippen LogP contribution in [0.5, 0.6) is 0 Å². The summed E-state index contributed by atoms with van der Waals surface area (Å²) in [7, 11) is 0. The zero-order valence-electron chi connectivity index (χ0n) is 14.3. The molecule has 1 fully saturated rings. The summed E-state index contributed by atoms with van der Waals surface area (Å²) in [5.41, 5.74) is 1.48. The minimum absolute atomic E-state index is 0.209. The van der Waals surface area contributed by atoms with Gasteiger partial charge >= 0.3 is 0 Å². The first kappa shape index (κ1) is 17.6. The lowest BCUT2D eigenvalue weighted by Gasteiger charge is -2.25. The Morgan fingerprint density at radius 2 is 2.26 bits per heavy atom. The molecule has 5 heteroatoms. The number of halogens is 1. The van der Waals surface area contributed by atoms with E-state index in [9.17, 15) is 4.39 Å². The Bertz CT molecular complexity index is 536. The maximum absolute atomic E-state index is 14.5. The minimum Gasteiger partial charge on any atom is -0.497 e. The van der Waals surface area contributed by atoms with E-state index in [2.05, 4.69) is 18.4 Å². The fraction of sp³-hybridized carbons (Fsp3) is 0.556. The van der Waals surface area contributed by atoms with Gasteiger partial charge in [0.15, 0.2) is 0 Å². The van der Waals surface area contributed by atoms with Gasteiger partial charge in [-0.05, 0) is 38.5 Å². The smallest absolute Gasteiger partial charge is 0.148 e. The van der Waals surface area contributed by atoms with Gasteiger partial charge in [-0.2, -0.15) is 0 Å². The summed E-state index contributed by atoms with van der Waals surface area (Å²) in [5, 5.41) is 0. The molecule has 1 saturated heterocycles. The van der Waals surface area contributed by atoms with Gasteiger partial charge in [0.1, 0.15) is 19.2 Å². The largest absolute Gasteiger partial charge is 0.497 e. The van der Waals surface area contributed by atoms with E-state index >= 15 is 0 Å². The predicted molar refractivity (Wildman–Crippen MR) is 92.4 cm³/mol. The van der Waals surface area contributed by atoms with Crippen molar-refractivity contribution in [3.05, 3.63) is 36.4 Å². The average Bonchev–Trinajstić information content (AvgIpc) is 3.01. The van der Waals surface area contributed by atoms with Crippen molar-refractivity contribution in [3.8, 4) is 0 Å². The van der Waals surface area contributed by atoms with Crippen LogP contribution in [-0.2, 0) is 9.47 Å². The number of hydrogen-bond donors (Lipinski definition) is 0. The van der Waals surface area contributed by atoms with E-state index in [4.69, 9.17) is 9.47 Å². The van der Waals surface area contributed by atoms with Gasteiger partial charge in [-0.25, -0.2) is 4.39 Å². The molecule has 1 aromatic rings. The monoisotopic (exact) mass is 322 g/mol. The Morgan fingerprint density at radius 1 is 1.48 bits per heavy atom. The second-order valence-electron chi connectivity index (χ2n) is 5.81. The number of nitrogens with zero attached hydrogens (tertiary/aromatic N) is 2. The molecule has 128 valence electrons. The van der Waals surface area contributed by atoms with Crippen LogP contribution in [0.4, 0.5) is 15.8 Å². The van der Waals surface area contributed by atoms with E-state index in [0.29, 0.717) is 31.3 Å². The van der Waals surface area contributed by atoms with Gasteiger partial charge < -0.3 is 19.3 Å². The third-order valence-corrected chi connectivity index (χ3v) is 4.07. The summed E-state index contributed by atoms with van der Waals surface area (Å²) in [4.78, 5) is 4.04. The SMILES string of the molecule is C=C(C)OCCN(CC)c1ccc(N2COC(CC)C2)cc1F. The van der Waals surface area contributed by atoms with Crippen LogP contribution < -0.4 is 9.80 Å². The molecule has 0 bridgehead atoms. The summed E-state index contributed by atoms with van der Waals surface area (Å²) in [6.45, 7) is 12.8. The number of benzene rings is 1. The lowest BCUT2D eigenvalue weighted by atomic mass is 10.2. The van der Waals surface area contributed by atoms with Gasteiger partial charge in [0.05, 0.1) is 24.1 Å². The van der Waals surface area contributed by atoms with Crippen LogP contribution in [0.25, 0.3) is 0 Å². The first-order valence-electron chi connectivity index (χ1n) is 8.24. The molecular weight excluding hydrogens is 295 g/mol. The maximum atomic E-state index is 14.5. The summed E-state index contributed by atoms with van der Waals surface area (Å²) < 4.78 is 25.6. The maximum Gasteiger partial charge on any atom is 0.148 e. The highest BCUT2D eigenvalue weighted by molar-refractivity contribution is 5.57. The summed E-state index contributed by atoms with van der Waals surface area (Å²) in [6, 6.07) is 5.40. The first-order chi connectivity index (χ1) is 11.0. The molecule has 0 aliphatic carbocycles. The first-order valence-corrected chi connectivity index (χ1v) is 8.24. The highest BCUT2D eigenvalue weighted by atomic mass is 19.1. The van der Waals surface area contributed by atoms with Crippen LogP contribution in [0.2, 0.25) is 0 Å². The molecule has 0 N–H and O–H groups in total. The van der Waals surface area contributed by atoms with Crippen LogP contribution in [0.3, 0.4) is 0 Å². The molecule has 0 radical (unpaired) electrons. The van der Waals surface area contributed by atoms with Crippen molar-refractivity contribution in [2.24, 2.45) is 0 Å². The molecule has 2 rings (SSSR count). The molecule has 1 unspecified atom stereocenters. The number of hydrogen-bond acceptors (Lipinski definition) is 4. The second kappa shape index (κ2) is 8.20. The van der Waals surface area contributed by atoms with E-state index in [1.54, 1.807) is 6.07 Å². The van der Waals surface area contributed by atoms with Crippen molar-refractivity contribution >= 4 is 11.4 Å². The molecule has 23 heavy (non-hydrogen) atoms. The van der Waals surface area contributed by atoms with Gasteiger partial charge in [-0.3, -0.25) is 0 Å². The molecule has 1 aliphatic heterocycles. The molecule has 1 aliphatic rings. The van der Waals surface area contributed by atoms with Crippen molar-refractivity contribution in [2.45, 2.75) is 33.3 Å². The van der Waals surface area contributed by atoms with E-state index in [1.165, 1.54) is 0 Å². The van der Waals surface area contributed by atoms with E-state index in [-0.39, 0.29) is 11.9 Å². The minimum atomic E-state index is -0.209. The molecule has 0 amide bonds. The molecule has 0 saturated carbocycles. The molecular formula is C18H27FN2O2. The number of likely N-dealkylation sites (N-methyl/N-ethyl adjacent to an activating group) is 1. The number of anilines is 2. The zero-order valence-corrected chi connectivity index (χ0v) is 14.3. The zero-order chi connectivity index (χ0) is 16.8. The van der Waals surface area contributed by atoms with Crippen LogP contribution in [0.1, 0.15) is 27.2 Å². The predicted octanol–water partition coefficient (Wildman–Crippen LogP) is 3.77. The Labute approximate surface area is 138 Å². The van der Waals surface area contributed by atoms with Crippen molar-refractivity contribution in [2.75, 3.05) is 42.8 Å². The molecule has 4 nitrogen and oxygen atoms in total. The third-order valence-electron chi connectivity index (χ3n) is 4.07. The van der Waals surface area contributed by atoms with Gasteiger partial charge in [0.2, 0.25) is 0 Å². The number of rotatable bonds is 8. The summed E-state index contributed by atoms with van der Waals surface area (Å²) in [5.74, 6) is 0.469. The van der Waals surface area contributed by atoms with Gasteiger partial charge in [0, 0.05) is 18.8 Å². The van der Waals surface area contributed by atoms with Crippen LogP contribution in [0, 0.1) is 5.82 Å². The van der Waals surface area contributed by atoms with Crippen molar-refractivity contribution in [1.82, 2.24) is 0 Å². The molecule has 1 heterocycles. The highest BCUT2D eigenvalue weighted by Gasteiger charge is 2.22. The third kappa shape index (κ3) is 4.61. The van der Waals surface area contributed by atoms with Gasteiger partial charge in [-0.15, -0.1) is 0 Å². The number of ether oxygens (including phenoxy) is 2.